The number of rotatable bonds is 6. The molecule has 1 aromatic heterocycles. The van der Waals surface area contributed by atoms with Crippen molar-refractivity contribution in [3.05, 3.63) is 30.1 Å². The highest BCUT2D eigenvalue weighted by atomic mass is 32.2. The van der Waals surface area contributed by atoms with Crippen LogP contribution in [-0.2, 0) is 43.9 Å². The molecule has 0 spiro atoms. The summed E-state index contributed by atoms with van der Waals surface area (Å²) in [7, 11) is 0. The third kappa shape index (κ3) is 3.28. The predicted octanol–water partition coefficient (Wildman–Crippen LogP) is -0.0192. The number of hydrogen-bond acceptors (Lipinski definition) is 10. The van der Waals surface area contributed by atoms with Crippen molar-refractivity contribution in [2.45, 2.75) is 43.1 Å². The fourth-order valence-corrected chi connectivity index (χ4v) is 4.67. The Morgan fingerprint density at radius 2 is 1.91 bits per heavy atom. The zero-order valence-corrected chi connectivity index (χ0v) is 17.7. The standard InChI is InChI=1S/C19H19N3O9S/c1-32-21(16(26)18(7-5-13(23)30-18)12-4-2-3-9-20-12)11-10-29-22(15(11)25)19(17(27)28)8-6-14(24)31-19/h2-4,9,11H,5-8,10H2,1H3,(H,27,28)/t11-,18?,19?/m0/s1. The van der Waals surface area contributed by atoms with Gasteiger partial charge in [-0.15, -0.1) is 0 Å². The first-order valence-corrected chi connectivity index (χ1v) is 10.9. The molecule has 0 bridgehead atoms. The molecule has 1 aromatic rings. The lowest BCUT2D eigenvalue weighted by Gasteiger charge is -2.34. The number of amides is 2. The average molecular weight is 465 g/mol. The van der Waals surface area contributed by atoms with Gasteiger partial charge in [-0.3, -0.25) is 33.3 Å². The molecule has 3 saturated heterocycles. The molecular formula is C19H19N3O9S. The zero-order valence-electron chi connectivity index (χ0n) is 16.9. The first-order valence-electron chi connectivity index (χ1n) is 9.68. The maximum atomic E-state index is 13.6. The average Bonchev–Trinajstić information content (AvgIpc) is 3.48. The van der Waals surface area contributed by atoms with E-state index >= 15 is 0 Å². The number of aliphatic carboxylic acids is 1. The number of pyridine rings is 1. The number of hydroxylamine groups is 2. The molecule has 3 fully saturated rings. The molecule has 0 radical (unpaired) electrons. The number of carboxylic acids is 1. The van der Waals surface area contributed by atoms with Crippen molar-refractivity contribution in [3.8, 4) is 0 Å². The van der Waals surface area contributed by atoms with Crippen LogP contribution in [0, 0.1) is 0 Å². The van der Waals surface area contributed by atoms with E-state index in [2.05, 4.69) is 4.98 Å². The molecule has 1 N–H and O–H groups in total. The molecule has 12 nitrogen and oxygen atoms in total. The van der Waals surface area contributed by atoms with E-state index < -0.39 is 47.1 Å². The van der Waals surface area contributed by atoms with Gasteiger partial charge in [0, 0.05) is 25.3 Å². The van der Waals surface area contributed by atoms with E-state index in [-0.39, 0.29) is 38.0 Å². The van der Waals surface area contributed by atoms with Crippen LogP contribution in [0.25, 0.3) is 0 Å². The normalized spacial score (nSPS) is 29.7. The third-order valence-electron chi connectivity index (χ3n) is 5.53. The van der Waals surface area contributed by atoms with Crippen LogP contribution in [0.5, 0.6) is 0 Å². The molecule has 0 aliphatic carbocycles. The van der Waals surface area contributed by atoms with Gasteiger partial charge in [-0.25, -0.2) is 4.79 Å². The summed E-state index contributed by atoms with van der Waals surface area (Å²) < 4.78 is 11.5. The molecule has 13 heteroatoms. The second-order valence-electron chi connectivity index (χ2n) is 7.34. The van der Waals surface area contributed by atoms with E-state index in [1.807, 2.05) is 0 Å². The molecule has 3 atom stereocenters. The van der Waals surface area contributed by atoms with Crippen LogP contribution < -0.4 is 0 Å². The van der Waals surface area contributed by atoms with Gasteiger partial charge in [0.15, 0.2) is 6.04 Å². The van der Waals surface area contributed by atoms with Crippen molar-refractivity contribution in [3.63, 3.8) is 0 Å². The van der Waals surface area contributed by atoms with E-state index in [0.717, 1.165) is 16.3 Å². The van der Waals surface area contributed by atoms with E-state index in [0.29, 0.717) is 5.06 Å². The van der Waals surface area contributed by atoms with E-state index in [1.165, 1.54) is 6.20 Å². The van der Waals surface area contributed by atoms with Gasteiger partial charge < -0.3 is 14.6 Å². The van der Waals surface area contributed by atoms with Crippen molar-refractivity contribution in [1.82, 2.24) is 14.4 Å². The quantitative estimate of drug-likeness (QED) is 0.445. The maximum Gasteiger partial charge on any atom is 0.372 e. The zero-order chi connectivity index (χ0) is 23.1. The van der Waals surface area contributed by atoms with Gasteiger partial charge in [-0.2, -0.15) is 5.06 Å². The monoisotopic (exact) mass is 465 g/mol. The minimum absolute atomic E-state index is 0.0101. The van der Waals surface area contributed by atoms with Crippen LogP contribution in [0.15, 0.2) is 24.4 Å². The fourth-order valence-electron chi connectivity index (χ4n) is 3.95. The van der Waals surface area contributed by atoms with Gasteiger partial charge in [0.2, 0.25) is 5.60 Å². The fraction of sp³-hybridized carbons (Fsp3) is 0.474. The minimum Gasteiger partial charge on any atom is -0.477 e. The lowest BCUT2D eigenvalue weighted by Crippen LogP contribution is -2.57. The predicted molar refractivity (Wildman–Crippen MR) is 104 cm³/mol. The Morgan fingerprint density at radius 1 is 1.19 bits per heavy atom. The number of cyclic esters (lactones) is 2. The number of ether oxygens (including phenoxy) is 2. The summed E-state index contributed by atoms with van der Waals surface area (Å²) in [5, 5.41) is 10.1. The number of esters is 2. The number of carbonyl (C=O) groups excluding carboxylic acids is 4. The summed E-state index contributed by atoms with van der Waals surface area (Å²) in [4.78, 5) is 71.7. The van der Waals surface area contributed by atoms with Crippen LogP contribution in [0.2, 0.25) is 0 Å². The second kappa shape index (κ2) is 8.06. The summed E-state index contributed by atoms with van der Waals surface area (Å²) in [5.74, 6) is -4.49. The van der Waals surface area contributed by atoms with Crippen LogP contribution in [0.3, 0.4) is 0 Å². The highest BCUT2D eigenvalue weighted by Crippen LogP contribution is 2.41. The largest absolute Gasteiger partial charge is 0.477 e. The van der Waals surface area contributed by atoms with Crippen LogP contribution >= 0.6 is 11.9 Å². The highest BCUT2D eigenvalue weighted by molar-refractivity contribution is 7.96. The Morgan fingerprint density at radius 3 is 2.44 bits per heavy atom. The van der Waals surface area contributed by atoms with Gasteiger partial charge >= 0.3 is 23.6 Å². The maximum absolute atomic E-state index is 13.6. The Hall–Kier alpha value is -3.19. The first-order chi connectivity index (χ1) is 15.2. The van der Waals surface area contributed by atoms with Gasteiger partial charge in [0.25, 0.3) is 11.8 Å². The Balaban J connectivity index is 1.65. The first kappa shape index (κ1) is 22.0. The van der Waals surface area contributed by atoms with Crippen LogP contribution in [-0.4, -0.2) is 73.8 Å². The number of nitrogens with zero attached hydrogens (tertiary/aromatic N) is 3. The molecule has 3 aliphatic rings. The lowest BCUT2D eigenvalue weighted by molar-refractivity contribution is -0.256. The van der Waals surface area contributed by atoms with Crippen molar-refractivity contribution >= 4 is 41.7 Å². The van der Waals surface area contributed by atoms with Crippen molar-refractivity contribution < 1.29 is 43.4 Å². The van der Waals surface area contributed by atoms with Gasteiger partial charge in [0.05, 0.1) is 18.5 Å². The van der Waals surface area contributed by atoms with E-state index in [1.54, 1.807) is 24.5 Å². The van der Waals surface area contributed by atoms with E-state index in [4.69, 9.17) is 14.3 Å². The molecule has 0 saturated carbocycles. The molecule has 4 rings (SSSR count). The Labute approximate surface area is 185 Å². The summed E-state index contributed by atoms with van der Waals surface area (Å²) in [6, 6.07) is 3.59. The molecule has 0 aromatic carbocycles. The molecule has 3 aliphatic heterocycles. The van der Waals surface area contributed by atoms with Crippen molar-refractivity contribution in [2.75, 3.05) is 12.9 Å². The van der Waals surface area contributed by atoms with Crippen LogP contribution in [0.4, 0.5) is 0 Å². The molecule has 170 valence electrons. The smallest absolute Gasteiger partial charge is 0.372 e. The molecule has 4 heterocycles. The Kier molecular flexibility index (Phi) is 5.54. The van der Waals surface area contributed by atoms with Crippen molar-refractivity contribution in [2.24, 2.45) is 0 Å². The SMILES string of the molecule is CSN(C(=O)C1(c2ccccn2)CCC(=O)O1)[C@H]1CON(C2(C(=O)O)CCC(=O)O2)C1=O. The number of carbonyl (C=O) groups is 5. The summed E-state index contributed by atoms with van der Waals surface area (Å²) in [6.45, 7) is -0.371. The number of carboxylic acid groups (broad SMARTS) is 1. The lowest BCUT2D eigenvalue weighted by atomic mass is 9.93. The number of hydrogen-bond donors (Lipinski definition) is 1. The molecular weight excluding hydrogens is 446 g/mol. The topological polar surface area (TPSA) is 153 Å². The van der Waals surface area contributed by atoms with Gasteiger partial charge in [-0.05, 0) is 24.1 Å². The molecule has 2 unspecified atom stereocenters. The van der Waals surface area contributed by atoms with Crippen molar-refractivity contribution in [1.29, 1.82) is 0 Å². The summed E-state index contributed by atoms with van der Waals surface area (Å²) in [5.41, 5.74) is -3.81. The Bertz CT molecular complexity index is 990. The summed E-state index contributed by atoms with van der Waals surface area (Å²) in [6.07, 6.45) is 2.52. The van der Waals surface area contributed by atoms with Gasteiger partial charge in [0.1, 0.15) is 6.61 Å². The molecule has 32 heavy (non-hydrogen) atoms. The summed E-state index contributed by atoms with van der Waals surface area (Å²) >= 11 is 0.895. The van der Waals surface area contributed by atoms with Crippen LogP contribution in [0.1, 0.15) is 31.4 Å². The van der Waals surface area contributed by atoms with Gasteiger partial charge in [-0.1, -0.05) is 6.07 Å². The number of aromatic nitrogens is 1. The highest BCUT2D eigenvalue weighted by Gasteiger charge is 2.61. The third-order valence-corrected chi connectivity index (χ3v) is 6.35. The second-order valence-corrected chi connectivity index (χ2v) is 8.10. The minimum atomic E-state index is -2.30. The van der Waals surface area contributed by atoms with E-state index in [9.17, 15) is 29.1 Å². The molecule has 2 amide bonds.